The maximum absolute atomic E-state index is 12.2. The maximum Gasteiger partial charge on any atom is 0.267 e. The van der Waals surface area contributed by atoms with Crippen molar-refractivity contribution in [1.82, 2.24) is 15.5 Å². The first-order valence-electron chi connectivity index (χ1n) is 7.73. The van der Waals surface area contributed by atoms with Crippen LogP contribution in [0.25, 0.3) is 0 Å². The first kappa shape index (κ1) is 15.7. The minimum Gasteiger partial charge on any atom is -0.356 e. The van der Waals surface area contributed by atoms with E-state index in [1.807, 2.05) is 6.92 Å². The number of H-pyrrole nitrogens is 1. The van der Waals surface area contributed by atoms with E-state index in [4.69, 9.17) is 5.73 Å². The van der Waals surface area contributed by atoms with Crippen LogP contribution in [0.4, 0.5) is 0 Å². The van der Waals surface area contributed by atoms with Crippen LogP contribution in [0.2, 0.25) is 0 Å². The summed E-state index contributed by atoms with van der Waals surface area (Å²) in [5, 5.41) is 9.59. The smallest absolute Gasteiger partial charge is 0.267 e. The molecule has 1 heterocycles. The lowest BCUT2D eigenvalue weighted by molar-refractivity contribution is -0.122. The van der Waals surface area contributed by atoms with Gasteiger partial charge in [-0.15, -0.1) is 0 Å². The van der Waals surface area contributed by atoms with Gasteiger partial charge in [-0.2, -0.15) is 5.10 Å². The highest BCUT2D eigenvalue weighted by Gasteiger charge is 2.24. The molecular weight excluding hydrogens is 268 g/mol. The summed E-state index contributed by atoms with van der Waals surface area (Å²) in [7, 11) is 0. The van der Waals surface area contributed by atoms with E-state index < -0.39 is 0 Å². The number of unbranched alkanes of at least 4 members (excludes halogenated alkanes) is 1. The number of hydrogen-bond acceptors (Lipinski definition) is 4. The van der Waals surface area contributed by atoms with E-state index in [1.165, 1.54) is 0 Å². The number of carbonyl (C=O) groups excluding carboxylic acids is 1. The number of carbonyl (C=O) groups is 1. The number of nitrogens with two attached hydrogens (primary N) is 1. The summed E-state index contributed by atoms with van der Waals surface area (Å²) in [5.74, 6) is -0.383. The third kappa shape index (κ3) is 3.69. The maximum atomic E-state index is 12.2. The first-order valence-corrected chi connectivity index (χ1v) is 7.73. The van der Waals surface area contributed by atoms with Gasteiger partial charge >= 0.3 is 0 Å². The number of nitrogens with one attached hydrogen (secondary N) is 2. The van der Waals surface area contributed by atoms with Crippen molar-refractivity contribution in [3.8, 4) is 0 Å². The first-order chi connectivity index (χ1) is 10.1. The van der Waals surface area contributed by atoms with Crippen LogP contribution >= 0.6 is 0 Å². The van der Waals surface area contributed by atoms with E-state index in [2.05, 4.69) is 15.5 Å². The average Bonchev–Trinajstić information content (AvgIpc) is 2.51. The van der Waals surface area contributed by atoms with E-state index >= 15 is 0 Å². The standard InChI is InChI=1S/C15H24N4O2/c1-10(14(20)17-9-5-4-8-16)13-11-6-2-3-7-12(11)15(21)19-18-13/h10H,2-9,16H2,1H3,(H,17,20)(H,19,21). The molecular formula is C15H24N4O2. The Bertz CT molecular complexity index is 553. The van der Waals surface area contributed by atoms with Crippen LogP contribution in [-0.4, -0.2) is 29.2 Å². The molecule has 0 saturated heterocycles. The molecule has 6 heteroatoms. The van der Waals surface area contributed by atoms with Crippen LogP contribution < -0.4 is 16.6 Å². The third-order valence-corrected chi connectivity index (χ3v) is 4.06. The van der Waals surface area contributed by atoms with E-state index in [9.17, 15) is 9.59 Å². The van der Waals surface area contributed by atoms with Gasteiger partial charge < -0.3 is 11.1 Å². The molecule has 0 bridgehead atoms. The molecule has 0 fully saturated rings. The van der Waals surface area contributed by atoms with E-state index in [0.29, 0.717) is 13.1 Å². The Labute approximate surface area is 124 Å². The lowest BCUT2D eigenvalue weighted by Crippen LogP contribution is -2.32. The number of rotatable bonds is 6. The minimum atomic E-state index is -0.341. The quantitative estimate of drug-likeness (QED) is 0.669. The topological polar surface area (TPSA) is 101 Å². The summed E-state index contributed by atoms with van der Waals surface area (Å²) in [6.45, 7) is 3.11. The van der Waals surface area contributed by atoms with Crippen LogP contribution in [-0.2, 0) is 17.6 Å². The Morgan fingerprint density at radius 2 is 2.05 bits per heavy atom. The second-order valence-electron chi connectivity index (χ2n) is 5.61. The predicted molar refractivity (Wildman–Crippen MR) is 81.2 cm³/mol. The zero-order valence-electron chi connectivity index (χ0n) is 12.6. The van der Waals surface area contributed by atoms with Crippen molar-refractivity contribution < 1.29 is 4.79 Å². The zero-order valence-corrected chi connectivity index (χ0v) is 12.6. The molecule has 0 aromatic carbocycles. The van der Waals surface area contributed by atoms with Gasteiger partial charge in [-0.1, -0.05) is 0 Å². The highest BCUT2D eigenvalue weighted by Crippen LogP contribution is 2.25. The van der Waals surface area contributed by atoms with Crippen molar-refractivity contribution in [2.45, 2.75) is 51.4 Å². The minimum absolute atomic E-state index is 0.0423. The highest BCUT2D eigenvalue weighted by atomic mass is 16.2. The molecule has 1 amide bonds. The fourth-order valence-corrected chi connectivity index (χ4v) is 2.80. The van der Waals surface area contributed by atoms with Gasteiger partial charge in [0.2, 0.25) is 5.91 Å². The molecule has 0 spiro atoms. The molecule has 4 N–H and O–H groups in total. The van der Waals surface area contributed by atoms with Crippen molar-refractivity contribution in [3.05, 3.63) is 27.2 Å². The van der Waals surface area contributed by atoms with Crippen molar-refractivity contribution in [2.75, 3.05) is 13.1 Å². The largest absolute Gasteiger partial charge is 0.356 e. The Morgan fingerprint density at radius 3 is 2.76 bits per heavy atom. The number of nitrogens with zero attached hydrogens (tertiary/aromatic N) is 1. The van der Waals surface area contributed by atoms with Gasteiger partial charge in [0.1, 0.15) is 0 Å². The fourth-order valence-electron chi connectivity index (χ4n) is 2.80. The third-order valence-electron chi connectivity index (χ3n) is 4.06. The van der Waals surface area contributed by atoms with Crippen LogP contribution in [0, 0.1) is 0 Å². The van der Waals surface area contributed by atoms with Crippen molar-refractivity contribution in [1.29, 1.82) is 0 Å². The summed E-state index contributed by atoms with van der Waals surface area (Å²) in [6, 6.07) is 0. The number of aromatic nitrogens is 2. The number of hydrogen-bond donors (Lipinski definition) is 3. The van der Waals surface area contributed by atoms with Gasteiger partial charge in [-0.05, 0) is 57.6 Å². The summed E-state index contributed by atoms with van der Waals surface area (Å²) in [4.78, 5) is 24.0. The van der Waals surface area contributed by atoms with Gasteiger partial charge in [-0.25, -0.2) is 5.10 Å². The lowest BCUT2D eigenvalue weighted by atomic mass is 9.88. The van der Waals surface area contributed by atoms with Gasteiger partial charge in [0, 0.05) is 12.1 Å². The molecule has 2 rings (SSSR count). The van der Waals surface area contributed by atoms with Crippen molar-refractivity contribution in [2.24, 2.45) is 5.73 Å². The molecule has 116 valence electrons. The molecule has 0 radical (unpaired) electrons. The Hall–Kier alpha value is -1.69. The molecule has 1 unspecified atom stereocenters. The number of amides is 1. The predicted octanol–water partition coefficient (Wildman–Crippen LogP) is 0.607. The van der Waals surface area contributed by atoms with Crippen LogP contribution in [0.3, 0.4) is 0 Å². The van der Waals surface area contributed by atoms with Crippen molar-refractivity contribution in [3.63, 3.8) is 0 Å². The second kappa shape index (κ2) is 7.36. The lowest BCUT2D eigenvalue weighted by Gasteiger charge is -2.20. The highest BCUT2D eigenvalue weighted by molar-refractivity contribution is 5.83. The molecule has 1 aliphatic rings. The van der Waals surface area contributed by atoms with Crippen LogP contribution in [0.5, 0.6) is 0 Å². The van der Waals surface area contributed by atoms with Crippen LogP contribution in [0.1, 0.15) is 55.3 Å². The van der Waals surface area contributed by atoms with Gasteiger partial charge in [-0.3, -0.25) is 9.59 Å². The molecule has 1 aliphatic carbocycles. The fraction of sp³-hybridized carbons (Fsp3) is 0.667. The zero-order chi connectivity index (χ0) is 15.2. The molecule has 21 heavy (non-hydrogen) atoms. The molecule has 1 aromatic heterocycles. The summed E-state index contributed by atoms with van der Waals surface area (Å²) >= 11 is 0. The monoisotopic (exact) mass is 292 g/mol. The SMILES string of the molecule is CC(C(=O)NCCCCN)c1n[nH]c(=O)c2c1CCCC2. The second-order valence-corrected chi connectivity index (χ2v) is 5.61. The van der Waals surface area contributed by atoms with Crippen molar-refractivity contribution >= 4 is 5.91 Å². The molecule has 0 saturated carbocycles. The van der Waals surface area contributed by atoms with Crippen LogP contribution in [0.15, 0.2) is 4.79 Å². The van der Waals surface area contributed by atoms with Gasteiger partial charge in [0.25, 0.3) is 5.56 Å². The Kier molecular flexibility index (Phi) is 5.50. The molecule has 6 nitrogen and oxygen atoms in total. The van der Waals surface area contributed by atoms with E-state index in [0.717, 1.165) is 55.3 Å². The Balaban J connectivity index is 2.10. The summed E-state index contributed by atoms with van der Waals surface area (Å²) in [6.07, 6.45) is 5.49. The Morgan fingerprint density at radius 1 is 1.33 bits per heavy atom. The summed E-state index contributed by atoms with van der Waals surface area (Å²) < 4.78 is 0. The summed E-state index contributed by atoms with van der Waals surface area (Å²) in [5.41, 5.74) is 7.84. The number of aromatic amines is 1. The number of fused-ring (bicyclic) bond motifs is 1. The molecule has 0 aliphatic heterocycles. The normalized spacial score (nSPS) is 15.3. The van der Waals surface area contributed by atoms with E-state index in [-0.39, 0.29) is 17.4 Å². The molecule has 1 aromatic rings. The van der Waals surface area contributed by atoms with Gasteiger partial charge in [0.05, 0.1) is 11.6 Å². The van der Waals surface area contributed by atoms with E-state index in [1.54, 1.807) is 0 Å². The molecule has 1 atom stereocenters. The van der Waals surface area contributed by atoms with Gasteiger partial charge in [0.15, 0.2) is 0 Å². The average molecular weight is 292 g/mol.